The monoisotopic (exact) mass is 322 g/mol. The van der Waals surface area contributed by atoms with E-state index < -0.39 is 5.60 Å². The van der Waals surface area contributed by atoms with Crippen molar-refractivity contribution in [2.24, 2.45) is 0 Å². The van der Waals surface area contributed by atoms with Gasteiger partial charge in [-0.3, -0.25) is 0 Å². The van der Waals surface area contributed by atoms with Gasteiger partial charge in [-0.2, -0.15) is 0 Å². The molecule has 0 aromatic heterocycles. The summed E-state index contributed by atoms with van der Waals surface area (Å²) in [6.07, 6.45) is 0.399. The zero-order chi connectivity index (χ0) is 17.4. The minimum absolute atomic E-state index is 0.399. The molecular formula is C22H28NO+. The summed E-state index contributed by atoms with van der Waals surface area (Å²) in [6.45, 7) is 8.48. The Bertz CT molecular complexity index is 628. The number of hydrogen-bond acceptors (Lipinski definition) is 1. The van der Waals surface area contributed by atoms with Gasteiger partial charge in [0, 0.05) is 6.42 Å². The molecule has 2 aromatic rings. The highest BCUT2D eigenvalue weighted by atomic mass is 16.3. The summed E-state index contributed by atoms with van der Waals surface area (Å²) in [6, 6.07) is 20.2. The van der Waals surface area contributed by atoms with Gasteiger partial charge in [-0.25, -0.2) is 0 Å². The molecule has 0 heterocycles. The first-order chi connectivity index (χ1) is 11.6. The fraction of sp³-hybridized carbons (Fsp3) is 0.364. The first-order valence-electron chi connectivity index (χ1n) is 8.71. The number of aliphatic hydroxyl groups is 1. The maximum absolute atomic E-state index is 11.4. The lowest BCUT2D eigenvalue weighted by molar-refractivity contribution is -0.912. The molecule has 0 radical (unpaired) electrons. The van der Waals surface area contributed by atoms with Crippen LogP contribution in [0.15, 0.2) is 60.7 Å². The Balaban J connectivity index is 2.23. The average molecular weight is 322 g/mol. The lowest BCUT2D eigenvalue weighted by atomic mass is 9.84. The third kappa shape index (κ3) is 4.47. The van der Waals surface area contributed by atoms with E-state index in [1.807, 2.05) is 60.7 Å². The number of hydrogen-bond donors (Lipinski definition) is 2. The number of benzene rings is 2. The van der Waals surface area contributed by atoms with E-state index in [0.29, 0.717) is 12.5 Å². The first kappa shape index (κ1) is 18.3. The second-order valence-corrected chi connectivity index (χ2v) is 6.47. The van der Waals surface area contributed by atoms with Crippen LogP contribution in [0.1, 0.15) is 38.3 Å². The second kappa shape index (κ2) is 8.68. The van der Waals surface area contributed by atoms with E-state index in [-0.39, 0.29) is 0 Å². The van der Waals surface area contributed by atoms with Gasteiger partial charge in [-0.15, -0.1) is 0 Å². The van der Waals surface area contributed by atoms with Gasteiger partial charge in [0.25, 0.3) is 0 Å². The minimum atomic E-state index is -1.07. The van der Waals surface area contributed by atoms with Crippen molar-refractivity contribution in [3.05, 3.63) is 71.8 Å². The van der Waals surface area contributed by atoms with Crippen LogP contribution >= 0.6 is 0 Å². The summed E-state index contributed by atoms with van der Waals surface area (Å²) in [5.41, 5.74) is 0.697. The molecule has 24 heavy (non-hydrogen) atoms. The molecule has 0 aliphatic rings. The van der Waals surface area contributed by atoms with E-state index >= 15 is 0 Å². The van der Waals surface area contributed by atoms with Gasteiger partial charge in [-0.05, 0) is 37.8 Å². The number of nitrogens with one attached hydrogen (secondary N) is 1. The van der Waals surface area contributed by atoms with Crippen LogP contribution in [0.25, 0.3) is 0 Å². The van der Waals surface area contributed by atoms with Gasteiger partial charge in [0.15, 0.2) is 0 Å². The molecule has 1 atom stereocenters. The fourth-order valence-electron chi connectivity index (χ4n) is 2.90. The fourth-order valence-corrected chi connectivity index (χ4v) is 2.90. The van der Waals surface area contributed by atoms with Gasteiger partial charge < -0.3 is 10.0 Å². The van der Waals surface area contributed by atoms with Crippen molar-refractivity contribution < 1.29 is 10.0 Å². The SMILES string of the molecule is CC[NH+](CC#CCC(O)(c1ccccc1)c1ccccc1)C(C)C. The molecule has 0 spiro atoms. The van der Waals surface area contributed by atoms with Crippen LogP contribution in [0.3, 0.4) is 0 Å². The molecule has 126 valence electrons. The second-order valence-electron chi connectivity index (χ2n) is 6.47. The molecule has 0 amide bonds. The van der Waals surface area contributed by atoms with Crippen LogP contribution in [0.5, 0.6) is 0 Å². The van der Waals surface area contributed by atoms with Crippen LogP contribution < -0.4 is 4.90 Å². The zero-order valence-corrected chi connectivity index (χ0v) is 14.9. The summed E-state index contributed by atoms with van der Waals surface area (Å²) in [4.78, 5) is 1.46. The molecular weight excluding hydrogens is 294 g/mol. The van der Waals surface area contributed by atoms with Crippen LogP contribution in [-0.4, -0.2) is 24.2 Å². The molecule has 0 fully saturated rings. The van der Waals surface area contributed by atoms with Gasteiger partial charge in [-0.1, -0.05) is 66.6 Å². The molecule has 0 saturated heterocycles. The molecule has 0 aliphatic heterocycles. The van der Waals surface area contributed by atoms with Crippen molar-refractivity contribution in [1.29, 1.82) is 0 Å². The van der Waals surface area contributed by atoms with E-state index in [4.69, 9.17) is 0 Å². The smallest absolute Gasteiger partial charge is 0.139 e. The molecule has 2 N–H and O–H groups in total. The highest BCUT2D eigenvalue weighted by molar-refractivity contribution is 5.37. The van der Waals surface area contributed by atoms with Gasteiger partial charge in [0.2, 0.25) is 0 Å². The van der Waals surface area contributed by atoms with E-state index in [1.54, 1.807) is 0 Å². The molecule has 1 unspecified atom stereocenters. The molecule has 0 bridgehead atoms. The molecule has 0 saturated carbocycles. The molecule has 0 aliphatic carbocycles. The van der Waals surface area contributed by atoms with Crippen LogP contribution in [0.2, 0.25) is 0 Å². The summed E-state index contributed by atoms with van der Waals surface area (Å²) in [5.74, 6) is 6.49. The predicted molar refractivity (Wildman–Crippen MR) is 99.8 cm³/mol. The Kier molecular flexibility index (Phi) is 6.61. The zero-order valence-electron chi connectivity index (χ0n) is 14.9. The maximum atomic E-state index is 11.4. The summed E-state index contributed by atoms with van der Waals surface area (Å²) in [5, 5.41) is 11.4. The largest absolute Gasteiger partial charge is 0.379 e. The van der Waals surface area contributed by atoms with E-state index in [2.05, 4.69) is 32.6 Å². The summed E-state index contributed by atoms with van der Waals surface area (Å²) in [7, 11) is 0. The van der Waals surface area contributed by atoms with Gasteiger partial charge in [0.1, 0.15) is 12.1 Å². The highest BCUT2D eigenvalue weighted by Crippen LogP contribution is 2.32. The van der Waals surface area contributed by atoms with Crippen molar-refractivity contribution in [3.8, 4) is 11.8 Å². The Morgan fingerprint density at radius 2 is 1.42 bits per heavy atom. The van der Waals surface area contributed by atoms with Crippen LogP contribution in [0.4, 0.5) is 0 Å². The lowest BCUT2D eigenvalue weighted by Crippen LogP contribution is -3.14. The van der Waals surface area contributed by atoms with Crippen molar-refractivity contribution in [3.63, 3.8) is 0 Å². The third-order valence-electron chi connectivity index (χ3n) is 4.56. The summed E-state index contributed by atoms with van der Waals surface area (Å²) >= 11 is 0. The topological polar surface area (TPSA) is 24.7 Å². The normalized spacial score (nSPS) is 12.5. The lowest BCUT2D eigenvalue weighted by Gasteiger charge is -2.27. The molecule has 2 nitrogen and oxygen atoms in total. The van der Waals surface area contributed by atoms with Gasteiger partial charge >= 0.3 is 0 Å². The average Bonchev–Trinajstić information content (AvgIpc) is 2.62. The quantitative estimate of drug-likeness (QED) is 0.785. The number of rotatable bonds is 6. The van der Waals surface area contributed by atoms with Crippen LogP contribution in [-0.2, 0) is 5.60 Å². The first-order valence-corrected chi connectivity index (χ1v) is 8.71. The highest BCUT2D eigenvalue weighted by Gasteiger charge is 2.30. The van der Waals surface area contributed by atoms with Gasteiger partial charge in [0.05, 0.1) is 12.6 Å². The Morgan fingerprint density at radius 3 is 1.83 bits per heavy atom. The van der Waals surface area contributed by atoms with E-state index in [9.17, 15) is 5.11 Å². The Labute approximate surface area is 146 Å². The van der Waals surface area contributed by atoms with Crippen molar-refractivity contribution in [1.82, 2.24) is 0 Å². The standard InChI is InChI=1S/C22H27NO/c1-4-23(19(2)3)18-12-11-17-22(24,20-13-7-5-8-14-20)21-15-9-6-10-16-21/h5-10,13-16,19,24H,4,17-18H2,1-3H3/p+1. The van der Waals surface area contributed by atoms with Crippen LogP contribution in [0, 0.1) is 11.8 Å². The Hall–Kier alpha value is -2.08. The van der Waals surface area contributed by atoms with Crippen molar-refractivity contribution >= 4 is 0 Å². The van der Waals surface area contributed by atoms with Crippen molar-refractivity contribution in [2.45, 2.75) is 38.8 Å². The molecule has 2 heteroatoms. The third-order valence-corrected chi connectivity index (χ3v) is 4.56. The maximum Gasteiger partial charge on any atom is 0.139 e. The predicted octanol–water partition coefficient (Wildman–Crippen LogP) is 2.63. The van der Waals surface area contributed by atoms with E-state index in [1.165, 1.54) is 4.90 Å². The minimum Gasteiger partial charge on any atom is -0.379 e. The summed E-state index contributed by atoms with van der Waals surface area (Å²) < 4.78 is 0. The Morgan fingerprint density at radius 1 is 0.917 bits per heavy atom. The van der Waals surface area contributed by atoms with Crippen molar-refractivity contribution in [2.75, 3.05) is 13.1 Å². The number of quaternary nitrogens is 1. The molecule has 2 aromatic carbocycles. The van der Waals surface area contributed by atoms with E-state index in [0.717, 1.165) is 24.2 Å². The molecule has 2 rings (SSSR count).